The van der Waals surface area contributed by atoms with Crippen LogP contribution in [0, 0.1) is 0 Å². The topological polar surface area (TPSA) is 65.0 Å². The highest BCUT2D eigenvalue weighted by Gasteiger charge is 2.23. The van der Waals surface area contributed by atoms with E-state index in [1.54, 1.807) is 0 Å². The zero-order valence-electron chi connectivity index (χ0n) is 57.1. The van der Waals surface area contributed by atoms with E-state index in [1.807, 2.05) is 0 Å². The van der Waals surface area contributed by atoms with Crippen molar-refractivity contribution in [2.45, 2.75) is 0 Å². The molecule has 4 aromatic heterocycles. The molecule has 0 unspecified atom stereocenters. The van der Waals surface area contributed by atoms with E-state index in [0.717, 1.165) is 0 Å². The Balaban J connectivity index is 1.30. The first-order valence-corrected chi connectivity index (χ1v) is 17.4. The molecule has 57 heavy (non-hydrogen) atoms. The lowest BCUT2D eigenvalue weighted by molar-refractivity contribution is 0.669. The van der Waals surface area contributed by atoms with Crippen LogP contribution in [-0.4, -0.2) is 15.0 Å². The van der Waals surface area contributed by atoms with Gasteiger partial charge in [-0.05, 0) is 52.9 Å². The number of para-hydroxylation sites is 2. The van der Waals surface area contributed by atoms with E-state index >= 15 is 0 Å². The Morgan fingerprint density at radius 3 is 1.75 bits per heavy atom. The number of rotatable bonds is 5. The number of benzene rings is 8. The molecule has 0 bridgehead atoms. The van der Waals surface area contributed by atoms with Crippen molar-refractivity contribution in [2.75, 3.05) is 0 Å². The first kappa shape index (κ1) is 14.6. The number of fused-ring (bicyclic) bond motifs is 9. The monoisotopic (exact) mass is 776 g/mol. The molecule has 0 aliphatic heterocycles. The Hall–Kier alpha value is -7.41. The standard InChI is InChI=1S/C51H29N3O2S/c1-3-14-30(15-4-1)49-52-50(31-16-5-2-6-17-31)54-51(53-49)38-23-12-25-41-46(38)37-22-11-21-34(48(37)56-41)39-28-32(29-42-45(39)35-18-7-9-24-40(35)55-42)33-20-13-27-44-47(33)36-19-8-10-26-43(36)57-44/h1-29H/i1D,2D,3D,4D,5D,6D,7D,8D,9D,10D,11D,12D,13D,14D,15D,16D,17D,18D,19D,20D,21D,22D,23D,24D,25D,26D,27D,28D,29D. The molecule has 4 heterocycles. The van der Waals surface area contributed by atoms with Crippen LogP contribution in [0.1, 0.15) is 39.8 Å². The third-order valence-electron chi connectivity index (χ3n) is 8.95. The van der Waals surface area contributed by atoms with Crippen molar-refractivity contribution in [3.63, 3.8) is 0 Å². The van der Waals surface area contributed by atoms with Crippen LogP contribution < -0.4 is 0 Å². The lowest BCUT2D eigenvalue weighted by Gasteiger charge is -2.11. The molecule has 12 aromatic rings. The van der Waals surface area contributed by atoms with Gasteiger partial charge in [-0.3, -0.25) is 0 Å². The van der Waals surface area contributed by atoms with Crippen LogP contribution >= 0.6 is 11.3 Å². The zero-order chi connectivity index (χ0) is 62.7. The fourth-order valence-electron chi connectivity index (χ4n) is 6.60. The Kier molecular flexibility index (Phi) is 3.22. The van der Waals surface area contributed by atoms with Gasteiger partial charge in [-0.1, -0.05) is 139 Å². The summed E-state index contributed by atoms with van der Waals surface area (Å²) in [7, 11) is 0. The van der Waals surface area contributed by atoms with E-state index in [4.69, 9.17) is 36.2 Å². The lowest BCUT2D eigenvalue weighted by atomic mass is 9.92. The number of hydrogen-bond acceptors (Lipinski definition) is 6. The molecule has 12 rings (SSSR count). The first-order chi connectivity index (χ1) is 40.3. The second-order valence-corrected chi connectivity index (χ2v) is 13.1. The van der Waals surface area contributed by atoms with Gasteiger partial charge < -0.3 is 8.83 Å². The molecule has 0 amide bonds. The average Bonchev–Trinajstić information content (AvgIpc) is 1.61. The summed E-state index contributed by atoms with van der Waals surface area (Å²) in [5.41, 5.74) is -7.75. The minimum atomic E-state index is -1.03. The Bertz CT molecular complexity index is 5100. The molecule has 8 aromatic carbocycles. The van der Waals surface area contributed by atoms with E-state index < -0.39 is 276 Å². The summed E-state index contributed by atoms with van der Waals surface area (Å²) in [6.45, 7) is 0. The Morgan fingerprint density at radius 2 is 0.947 bits per heavy atom. The van der Waals surface area contributed by atoms with Crippen molar-refractivity contribution in [1.29, 1.82) is 0 Å². The molecule has 0 radical (unpaired) electrons. The number of thiophene rings is 1. The summed E-state index contributed by atoms with van der Waals surface area (Å²) in [6, 6.07) is -25.0. The highest BCUT2D eigenvalue weighted by molar-refractivity contribution is 7.25. The predicted octanol–water partition coefficient (Wildman–Crippen LogP) is 14.4. The van der Waals surface area contributed by atoms with Crippen LogP contribution in [0.15, 0.2) is 184 Å². The van der Waals surface area contributed by atoms with Crippen LogP contribution in [0.2, 0.25) is 0 Å². The number of furan rings is 2. The fraction of sp³-hybridized carbons (Fsp3) is 0. The number of hydrogen-bond donors (Lipinski definition) is 0. The smallest absolute Gasteiger partial charge is 0.164 e. The van der Waals surface area contributed by atoms with E-state index in [-0.39, 0.29) is 20.2 Å². The first-order valence-electron chi connectivity index (χ1n) is 31.1. The molecule has 5 nitrogen and oxygen atoms in total. The fourth-order valence-corrected chi connectivity index (χ4v) is 7.57. The summed E-state index contributed by atoms with van der Waals surface area (Å²) in [5.74, 6) is -2.51. The molecule has 0 N–H and O–H groups in total. The van der Waals surface area contributed by atoms with Gasteiger partial charge in [0.15, 0.2) is 17.5 Å². The van der Waals surface area contributed by atoms with Crippen LogP contribution in [0.25, 0.3) is 120 Å². The van der Waals surface area contributed by atoms with E-state index in [1.165, 1.54) is 0 Å². The van der Waals surface area contributed by atoms with Crippen LogP contribution in [0.5, 0.6) is 0 Å². The van der Waals surface area contributed by atoms with E-state index in [2.05, 4.69) is 15.0 Å². The number of aromatic nitrogens is 3. The van der Waals surface area contributed by atoms with Crippen LogP contribution in [-0.2, 0) is 0 Å². The zero-order valence-corrected chi connectivity index (χ0v) is 28.9. The average molecular weight is 777 g/mol. The quantitative estimate of drug-likeness (QED) is 0.174. The maximum absolute atomic E-state index is 10.3. The van der Waals surface area contributed by atoms with Gasteiger partial charge >= 0.3 is 0 Å². The minimum Gasteiger partial charge on any atom is -0.456 e. The van der Waals surface area contributed by atoms with Gasteiger partial charge in [-0.25, -0.2) is 15.0 Å². The summed E-state index contributed by atoms with van der Waals surface area (Å²) < 4.78 is 272. The highest BCUT2D eigenvalue weighted by Crippen LogP contribution is 2.47. The molecule has 266 valence electrons. The van der Waals surface area contributed by atoms with Crippen molar-refractivity contribution >= 4 is 75.4 Å². The van der Waals surface area contributed by atoms with Crippen molar-refractivity contribution < 1.29 is 48.6 Å². The summed E-state index contributed by atoms with van der Waals surface area (Å²) in [6.07, 6.45) is 0. The van der Waals surface area contributed by atoms with Crippen molar-refractivity contribution in [1.82, 2.24) is 15.0 Å². The third-order valence-corrected chi connectivity index (χ3v) is 9.97. The molecule has 0 aliphatic rings. The molecular weight excluding hydrogens is 719 g/mol. The lowest BCUT2D eigenvalue weighted by Crippen LogP contribution is -2.00. The SMILES string of the molecule is [2H]c1c([2H])c([2H])c(-c2nc(-c3c([2H])c([2H])c([2H])c([2H])c3[2H])nc(-c3c([2H])c([2H])c([2H])c4oc5c(-c6c([2H])c(-c7c([2H])c([2H])c([2H])c8sc9c([2H])c([2H])c([2H])c([2H])c9c78)c([2H])c7oc8c([2H])c([2H])c([2H])c([2H])c8c67)c([2H])c([2H])c([2H])c5c34)n2)c([2H])c1[2H]. The summed E-state index contributed by atoms with van der Waals surface area (Å²) in [5, 5.41) is -2.91. The van der Waals surface area contributed by atoms with Crippen LogP contribution in [0.4, 0.5) is 0 Å². The van der Waals surface area contributed by atoms with E-state index in [0.29, 0.717) is 11.3 Å². The molecule has 0 atom stereocenters. The molecule has 0 aliphatic carbocycles. The second kappa shape index (κ2) is 12.6. The van der Waals surface area contributed by atoms with Gasteiger partial charge in [-0.2, -0.15) is 0 Å². The van der Waals surface area contributed by atoms with Crippen molar-refractivity contribution in [3.05, 3.63) is 175 Å². The summed E-state index contributed by atoms with van der Waals surface area (Å²) >= 11 is 0.651. The van der Waals surface area contributed by atoms with Crippen molar-refractivity contribution in [3.8, 4) is 56.4 Å². The number of nitrogens with zero attached hydrogens (tertiary/aromatic N) is 3. The van der Waals surface area contributed by atoms with Crippen molar-refractivity contribution in [2.24, 2.45) is 0 Å². The largest absolute Gasteiger partial charge is 0.456 e. The van der Waals surface area contributed by atoms with Crippen LogP contribution in [0.3, 0.4) is 0 Å². The molecule has 0 spiro atoms. The predicted molar refractivity (Wildman–Crippen MR) is 234 cm³/mol. The Morgan fingerprint density at radius 1 is 0.368 bits per heavy atom. The van der Waals surface area contributed by atoms with E-state index in [9.17, 15) is 12.3 Å². The summed E-state index contributed by atoms with van der Waals surface area (Å²) in [4.78, 5) is 13.1. The minimum absolute atomic E-state index is 0.150. The maximum atomic E-state index is 10.3. The van der Waals surface area contributed by atoms with Gasteiger partial charge in [0.2, 0.25) is 0 Å². The van der Waals surface area contributed by atoms with Gasteiger partial charge in [0.25, 0.3) is 0 Å². The molecule has 0 saturated carbocycles. The molecule has 0 fully saturated rings. The van der Waals surface area contributed by atoms with Gasteiger partial charge in [0.05, 0.1) is 39.8 Å². The highest BCUT2D eigenvalue weighted by atomic mass is 32.1. The molecule has 6 heteroatoms. The van der Waals surface area contributed by atoms with Gasteiger partial charge in [0.1, 0.15) is 22.3 Å². The normalized spacial score (nSPS) is 19.0. The second-order valence-electron chi connectivity index (χ2n) is 12.1. The Labute approximate surface area is 370 Å². The van der Waals surface area contributed by atoms with Gasteiger partial charge in [0, 0.05) is 64.0 Å². The molecular formula is C51H29N3O2S. The van der Waals surface area contributed by atoms with Gasteiger partial charge in [-0.15, -0.1) is 11.3 Å². The third kappa shape index (κ3) is 5.04. The maximum Gasteiger partial charge on any atom is 0.164 e. The molecule has 0 saturated heterocycles.